The van der Waals surface area contributed by atoms with Crippen molar-refractivity contribution in [2.24, 2.45) is 5.41 Å². The summed E-state index contributed by atoms with van der Waals surface area (Å²) in [6.07, 6.45) is 5.45. The quantitative estimate of drug-likeness (QED) is 0.819. The van der Waals surface area contributed by atoms with Gasteiger partial charge < -0.3 is 14.8 Å². The van der Waals surface area contributed by atoms with Crippen LogP contribution in [0.4, 0.5) is 0 Å². The largest absolute Gasteiger partial charge is 0.378 e. The molecule has 100 valence electrons. The summed E-state index contributed by atoms with van der Waals surface area (Å²) in [5, 5.41) is 3.34. The molecule has 3 atom stereocenters. The molecule has 0 bridgehead atoms. The van der Waals surface area contributed by atoms with Crippen LogP contribution in [0.25, 0.3) is 0 Å². The molecule has 0 saturated carbocycles. The molecule has 2 aliphatic rings. The highest BCUT2D eigenvalue weighted by molar-refractivity contribution is 4.95. The van der Waals surface area contributed by atoms with Crippen LogP contribution in [0.1, 0.15) is 46.5 Å². The second kappa shape index (κ2) is 4.87. The number of hydrogen-bond donors (Lipinski definition) is 1. The highest BCUT2D eigenvalue weighted by Gasteiger charge is 2.45. The van der Waals surface area contributed by atoms with Gasteiger partial charge in [0.25, 0.3) is 0 Å². The van der Waals surface area contributed by atoms with E-state index >= 15 is 0 Å². The van der Waals surface area contributed by atoms with Crippen LogP contribution < -0.4 is 5.32 Å². The number of hydrogen-bond acceptors (Lipinski definition) is 3. The first kappa shape index (κ1) is 13.3. The smallest absolute Gasteiger partial charge is 0.0631 e. The number of rotatable bonds is 4. The molecule has 0 spiro atoms. The predicted octanol–water partition coefficient (Wildman–Crippen LogP) is 2.35. The average molecular weight is 241 g/mol. The Morgan fingerprint density at radius 2 is 2.06 bits per heavy atom. The van der Waals surface area contributed by atoms with E-state index in [2.05, 4.69) is 26.1 Å². The Bertz CT molecular complexity index is 267. The standard InChI is InChI=1S/C14H27NO2/c1-11-14(10-15-4,7-8-16-11)9-12-5-6-13(2,3)17-12/h11-12,15H,5-10H2,1-4H3. The van der Waals surface area contributed by atoms with Crippen LogP contribution in [0, 0.1) is 5.41 Å². The fourth-order valence-electron chi connectivity index (χ4n) is 3.42. The normalized spacial score (nSPS) is 40.9. The first-order chi connectivity index (χ1) is 7.97. The molecule has 0 aromatic carbocycles. The molecule has 0 aromatic heterocycles. The molecule has 2 heterocycles. The number of ether oxygens (including phenoxy) is 2. The van der Waals surface area contributed by atoms with Crippen molar-refractivity contribution >= 4 is 0 Å². The summed E-state index contributed by atoms with van der Waals surface area (Å²) >= 11 is 0. The molecule has 2 saturated heterocycles. The predicted molar refractivity (Wildman–Crippen MR) is 69.2 cm³/mol. The zero-order valence-electron chi connectivity index (χ0n) is 11.7. The topological polar surface area (TPSA) is 30.5 Å². The average Bonchev–Trinajstić information content (AvgIpc) is 2.73. The van der Waals surface area contributed by atoms with Gasteiger partial charge in [-0.15, -0.1) is 0 Å². The molecule has 3 nitrogen and oxygen atoms in total. The Hall–Kier alpha value is -0.120. The molecule has 2 aliphatic heterocycles. The molecule has 2 fully saturated rings. The molecule has 0 aromatic rings. The van der Waals surface area contributed by atoms with Crippen molar-refractivity contribution in [3.8, 4) is 0 Å². The van der Waals surface area contributed by atoms with Gasteiger partial charge in [-0.1, -0.05) is 0 Å². The van der Waals surface area contributed by atoms with Gasteiger partial charge in [-0.25, -0.2) is 0 Å². The van der Waals surface area contributed by atoms with Gasteiger partial charge >= 0.3 is 0 Å². The van der Waals surface area contributed by atoms with Crippen LogP contribution in [-0.4, -0.2) is 38.0 Å². The summed E-state index contributed by atoms with van der Waals surface area (Å²) in [4.78, 5) is 0. The lowest BCUT2D eigenvalue weighted by Gasteiger charge is -2.35. The van der Waals surface area contributed by atoms with Crippen molar-refractivity contribution in [2.75, 3.05) is 20.2 Å². The summed E-state index contributed by atoms with van der Waals surface area (Å²) in [7, 11) is 2.03. The molecule has 17 heavy (non-hydrogen) atoms. The Kier molecular flexibility index (Phi) is 3.81. The minimum Gasteiger partial charge on any atom is -0.378 e. The summed E-state index contributed by atoms with van der Waals surface area (Å²) in [5.41, 5.74) is 0.355. The zero-order valence-corrected chi connectivity index (χ0v) is 11.7. The summed E-state index contributed by atoms with van der Waals surface area (Å²) in [6.45, 7) is 8.55. The first-order valence-corrected chi connectivity index (χ1v) is 6.91. The lowest BCUT2D eigenvalue weighted by Crippen LogP contribution is -2.41. The molecule has 2 rings (SSSR count). The van der Waals surface area contributed by atoms with Crippen molar-refractivity contribution in [3.05, 3.63) is 0 Å². The van der Waals surface area contributed by atoms with Crippen LogP contribution in [0.2, 0.25) is 0 Å². The van der Waals surface area contributed by atoms with Gasteiger partial charge in [0.1, 0.15) is 0 Å². The Labute approximate surface area is 105 Å². The van der Waals surface area contributed by atoms with Gasteiger partial charge in [0.05, 0.1) is 17.8 Å². The van der Waals surface area contributed by atoms with Crippen molar-refractivity contribution < 1.29 is 9.47 Å². The maximum Gasteiger partial charge on any atom is 0.0631 e. The zero-order chi connectivity index (χ0) is 12.5. The van der Waals surface area contributed by atoms with Gasteiger partial charge in [-0.05, 0) is 53.5 Å². The van der Waals surface area contributed by atoms with Gasteiger partial charge in [-0.2, -0.15) is 0 Å². The maximum absolute atomic E-state index is 6.15. The summed E-state index contributed by atoms with van der Waals surface area (Å²) < 4.78 is 11.9. The molecule has 3 heteroatoms. The van der Waals surface area contributed by atoms with Crippen molar-refractivity contribution in [1.82, 2.24) is 5.32 Å². The van der Waals surface area contributed by atoms with E-state index in [1.165, 1.54) is 12.8 Å². The second-order valence-corrected chi connectivity index (χ2v) is 6.40. The van der Waals surface area contributed by atoms with Crippen LogP contribution >= 0.6 is 0 Å². The van der Waals surface area contributed by atoms with Crippen LogP contribution in [-0.2, 0) is 9.47 Å². The van der Waals surface area contributed by atoms with E-state index in [-0.39, 0.29) is 11.0 Å². The Morgan fingerprint density at radius 3 is 2.53 bits per heavy atom. The van der Waals surface area contributed by atoms with Gasteiger partial charge in [0, 0.05) is 18.6 Å². The van der Waals surface area contributed by atoms with E-state index in [0.29, 0.717) is 12.2 Å². The molecule has 1 N–H and O–H groups in total. The third-order valence-corrected chi connectivity index (χ3v) is 4.55. The van der Waals surface area contributed by atoms with E-state index in [0.717, 1.165) is 26.0 Å². The van der Waals surface area contributed by atoms with Crippen LogP contribution in [0.3, 0.4) is 0 Å². The molecular weight excluding hydrogens is 214 g/mol. The summed E-state index contributed by atoms with van der Waals surface area (Å²) in [5.74, 6) is 0. The third-order valence-electron chi connectivity index (χ3n) is 4.55. The van der Waals surface area contributed by atoms with E-state index < -0.39 is 0 Å². The monoisotopic (exact) mass is 241 g/mol. The third kappa shape index (κ3) is 2.83. The van der Waals surface area contributed by atoms with E-state index in [1.54, 1.807) is 0 Å². The maximum atomic E-state index is 6.15. The summed E-state index contributed by atoms with van der Waals surface area (Å²) in [6, 6.07) is 0. The van der Waals surface area contributed by atoms with Crippen molar-refractivity contribution in [3.63, 3.8) is 0 Å². The van der Waals surface area contributed by atoms with Gasteiger partial charge in [-0.3, -0.25) is 0 Å². The SMILES string of the molecule is CNCC1(CC2CCC(C)(C)O2)CCOC1C. The molecule has 0 radical (unpaired) electrons. The van der Waals surface area contributed by atoms with E-state index in [9.17, 15) is 0 Å². The number of nitrogens with one attached hydrogen (secondary N) is 1. The molecule has 0 aliphatic carbocycles. The first-order valence-electron chi connectivity index (χ1n) is 6.91. The minimum absolute atomic E-state index is 0.0776. The lowest BCUT2D eigenvalue weighted by atomic mass is 9.76. The fraction of sp³-hybridized carbons (Fsp3) is 1.00. The lowest BCUT2D eigenvalue weighted by molar-refractivity contribution is -0.0460. The van der Waals surface area contributed by atoms with Crippen molar-refractivity contribution in [1.29, 1.82) is 0 Å². The molecular formula is C14H27NO2. The highest BCUT2D eigenvalue weighted by atomic mass is 16.5. The Balaban J connectivity index is 1.99. The molecule has 3 unspecified atom stereocenters. The molecule has 0 amide bonds. The Morgan fingerprint density at radius 1 is 1.29 bits per heavy atom. The fourth-order valence-corrected chi connectivity index (χ4v) is 3.42. The second-order valence-electron chi connectivity index (χ2n) is 6.40. The van der Waals surface area contributed by atoms with Crippen LogP contribution in [0.15, 0.2) is 0 Å². The van der Waals surface area contributed by atoms with E-state index in [4.69, 9.17) is 9.47 Å². The van der Waals surface area contributed by atoms with Gasteiger partial charge in [0.15, 0.2) is 0 Å². The van der Waals surface area contributed by atoms with Gasteiger partial charge in [0.2, 0.25) is 0 Å². The van der Waals surface area contributed by atoms with Crippen molar-refractivity contribution in [2.45, 2.75) is 64.3 Å². The minimum atomic E-state index is 0.0776. The highest BCUT2D eigenvalue weighted by Crippen LogP contribution is 2.43. The van der Waals surface area contributed by atoms with E-state index in [1.807, 2.05) is 7.05 Å². The van der Waals surface area contributed by atoms with Crippen LogP contribution in [0.5, 0.6) is 0 Å².